The van der Waals surface area contributed by atoms with Crippen LogP contribution in [-0.4, -0.2) is 74.8 Å². The van der Waals surface area contributed by atoms with Gasteiger partial charge in [-0.15, -0.1) is 0 Å². The lowest BCUT2D eigenvalue weighted by Crippen LogP contribution is -2.54. The second-order valence-corrected chi connectivity index (χ2v) is 5.53. The second-order valence-electron chi connectivity index (χ2n) is 5.53. The molecule has 0 bridgehead atoms. The minimum absolute atomic E-state index is 0.209. The van der Waals surface area contributed by atoms with Crippen molar-refractivity contribution in [3.05, 3.63) is 16.3 Å². The monoisotopic (exact) mass is 311 g/mol. The van der Waals surface area contributed by atoms with Crippen LogP contribution in [0.3, 0.4) is 0 Å². The molecule has 1 saturated heterocycles. The molecule has 2 aliphatic heterocycles. The van der Waals surface area contributed by atoms with Crippen molar-refractivity contribution in [1.82, 2.24) is 19.4 Å². The Labute approximate surface area is 126 Å². The highest BCUT2D eigenvalue weighted by molar-refractivity contribution is 5.66. The lowest BCUT2D eigenvalue weighted by Gasteiger charge is -2.40. The molecule has 0 radical (unpaired) electrons. The molecule has 2 aliphatic rings. The van der Waals surface area contributed by atoms with Gasteiger partial charge >= 0.3 is 17.9 Å². The van der Waals surface area contributed by atoms with Gasteiger partial charge in [-0.3, -0.25) is 9.47 Å². The average Bonchev–Trinajstić information content (AvgIpc) is 2.78. The van der Waals surface area contributed by atoms with Crippen LogP contribution in [0.25, 0.3) is 0 Å². The van der Waals surface area contributed by atoms with E-state index in [0.29, 0.717) is 38.7 Å². The molecule has 0 atom stereocenters. The first-order chi connectivity index (χ1) is 10.5. The zero-order chi connectivity index (χ0) is 15.7. The van der Waals surface area contributed by atoms with Crippen molar-refractivity contribution in [2.75, 3.05) is 39.3 Å². The number of rotatable bonds is 3. The lowest BCUT2D eigenvalue weighted by atomic mass is 10.0. The molecule has 1 aromatic heterocycles. The Morgan fingerprint density at radius 2 is 2.23 bits per heavy atom. The predicted octanol–water partition coefficient (Wildman–Crippen LogP) is 0.0955. The largest absolute Gasteiger partial charge is 0.465 e. The normalized spacial score (nSPS) is 19.5. The van der Waals surface area contributed by atoms with E-state index in [1.807, 2.05) is 0 Å². The topological polar surface area (TPSA) is 114 Å². The first-order valence-electron chi connectivity index (χ1n) is 7.07. The van der Waals surface area contributed by atoms with Gasteiger partial charge in [-0.1, -0.05) is 0 Å². The molecular weight excluding hydrogens is 294 g/mol. The van der Waals surface area contributed by atoms with Crippen molar-refractivity contribution in [3.8, 4) is 6.01 Å². The lowest BCUT2D eigenvalue weighted by molar-refractivity contribution is -0.389. The summed E-state index contributed by atoms with van der Waals surface area (Å²) >= 11 is 0. The van der Waals surface area contributed by atoms with Gasteiger partial charge in [0.1, 0.15) is 12.8 Å². The number of carbonyl (C=O) groups is 1. The molecule has 10 heteroatoms. The van der Waals surface area contributed by atoms with Crippen LogP contribution in [0.4, 0.5) is 10.6 Å². The molecule has 1 N–H and O–H groups in total. The van der Waals surface area contributed by atoms with E-state index in [0.717, 1.165) is 13.1 Å². The van der Waals surface area contributed by atoms with Gasteiger partial charge in [0, 0.05) is 50.2 Å². The van der Waals surface area contributed by atoms with E-state index in [4.69, 9.17) is 9.84 Å². The highest BCUT2D eigenvalue weighted by atomic mass is 16.6. The van der Waals surface area contributed by atoms with Crippen LogP contribution < -0.4 is 4.74 Å². The van der Waals surface area contributed by atoms with E-state index in [2.05, 4.69) is 9.88 Å². The minimum Gasteiger partial charge on any atom is -0.465 e. The quantitative estimate of drug-likeness (QED) is 0.621. The van der Waals surface area contributed by atoms with Gasteiger partial charge in [0.2, 0.25) is 0 Å². The maximum atomic E-state index is 10.7. The van der Waals surface area contributed by atoms with Crippen molar-refractivity contribution in [2.24, 2.45) is 5.92 Å². The summed E-state index contributed by atoms with van der Waals surface area (Å²) in [6.45, 7) is 4.33. The van der Waals surface area contributed by atoms with Crippen LogP contribution in [0.2, 0.25) is 0 Å². The SMILES string of the molecule is O=C(O)N1CC(CN2CCOc3nc([N+](=O)[O-])cn3CC2)C1. The number of amides is 1. The summed E-state index contributed by atoms with van der Waals surface area (Å²) in [4.78, 5) is 28.4. The number of hydrogen-bond donors (Lipinski definition) is 1. The fraction of sp³-hybridized carbons (Fsp3) is 0.667. The summed E-state index contributed by atoms with van der Waals surface area (Å²) in [6.07, 6.45) is 0.511. The zero-order valence-electron chi connectivity index (χ0n) is 11.9. The van der Waals surface area contributed by atoms with E-state index in [1.165, 1.54) is 11.1 Å². The van der Waals surface area contributed by atoms with Gasteiger partial charge in [-0.25, -0.2) is 4.79 Å². The average molecular weight is 311 g/mol. The summed E-state index contributed by atoms with van der Waals surface area (Å²) in [7, 11) is 0. The molecule has 0 aliphatic carbocycles. The standard InChI is InChI=1S/C12H17N5O5/c18-12(19)16-6-9(7-16)5-14-1-2-15-8-10(17(20)21)13-11(15)22-4-3-14/h8-9H,1-7H2,(H,18,19). The van der Waals surface area contributed by atoms with Crippen LogP contribution >= 0.6 is 0 Å². The van der Waals surface area contributed by atoms with Crippen molar-refractivity contribution in [3.63, 3.8) is 0 Å². The fourth-order valence-electron chi connectivity index (χ4n) is 2.77. The van der Waals surface area contributed by atoms with Crippen molar-refractivity contribution < 1.29 is 19.6 Å². The van der Waals surface area contributed by atoms with E-state index in [9.17, 15) is 14.9 Å². The molecule has 0 unspecified atom stereocenters. The third-order valence-electron chi connectivity index (χ3n) is 3.95. The summed E-state index contributed by atoms with van der Waals surface area (Å²) in [5.41, 5.74) is 0. The molecule has 1 aromatic rings. The van der Waals surface area contributed by atoms with E-state index in [-0.39, 0.29) is 11.8 Å². The van der Waals surface area contributed by atoms with Crippen molar-refractivity contribution >= 4 is 11.9 Å². The van der Waals surface area contributed by atoms with Crippen molar-refractivity contribution in [2.45, 2.75) is 6.54 Å². The van der Waals surface area contributed by atoms with Crippen LogP contribution in [0.15, 0.2) is 6.20 Å². The molecule has 120 valence electrons. The first kappa shape index (κ1) is 14.6. The van der Waals surface area contributed by atoms with Crippen LogP contribution in [0.5, 0.6) is 6.01 Å². The molecule has 3 heterocycles. The first-order valence-corrected chi connectivity index (χ1v) is 7.07. The van der Waals surface area contributed by atoms with E-state index in [1.54, 1.807) is 4.57 Å². The summed E-state index contributed by atoms with van der Waals surface area (Å²) in [5, 5.41) is 19.6. The predicted molar refractivity (Wildman–Crippen MR) is 73.9 cm³/mol. The van der Waals surface area contributed by atoms with Gasteiger partial charge in [0.05, 0.1) is 0 Å². The van der Waals surface area contributed by atoms with Gasteiger partial charge in [0.25, 0.3) is 0 Å². The fourth-order valence-corrected chi connectivity index (χ4v) is 2.77. The van der Waals surface area contributed by atoms with E-state index >= 15 is 0 Å². The van der Waals surface area contributed by atoms with Gasteiger partial charge in [-0.2, -0.15) is 0 Å². The maximum absolute atomic E-state index is 10.7. The number of aromatic nitrogens is 2. The molecule has 0 aromatic carbocycles. The summed E-state index contributed by atoms with van der Waals surface area (Å²) < 4.78 is 7.13. The highest BCUT2D eigenvalue weighted by Gasteiger charge is 2.32. The molecule has 3 rings (SSSR count). The van der Waals surface area contributed by atoms with E-state index < -0.39 is 11.0 Å². The number of carboxylic acid groups (broad SMARTS) is 1. The molecular formula is C12H17N5O5. The van der Waals surface area contributed by atoms with Crippen molar-refractivity contribution in [1.29, 1.82) is 0 Å². The zero-order valence-corrected chi connectivity index (χ0v) is 11.9. The molecule has 10 nitrogen and oxygen atoms in total. The second kappa shape index (κ2) is 5.79. The third kappa shape index (κ3) is 2.96. The van der Waals surface area contributed by atoms with Gasteiger partial charge < -0.3 is 24.9 Å². The van der Waals surface area contributed by atoms with Gasteiger partial charge in [-0.05, 0) is 4.92 Å². The number of fused-ring (bicyclic) bond motifs is 1. The summed E-state index contributed by atoms with van der Waals surface area (Å²) in [6, 6.07) is 0.284. The highest BCUT2D eigenvalue weighted by Crippen LogP contribution is 2.20. The molecule has 0 spiro atoms. The van der Waals surface area contributed by atoms with Gasteiger partial charge in [0.15, 0.2) is 0 Å². The Bertz CT molecular complexity index is 582. The molecule has 22 heavy (non-hydrogen) atoms. The maximum Gasteiger partial charge on any atom is 0.414 e. The number of ether oxygens (including phenoxy) is 1. The minimum atomic E-state index is -0.873. The number of nitrogens with zero attached hydrogens (tertiary/aromatic N) is 5. The molecule has 1 fully saturated rings. The Hall–Kier alpha value is -2.36. The number of likely N-dealkylation sites (tertiary alicyclic amines) is 1. The third-order valence-corrected chi connectivity index (χ3v) is 3.95. The number of imidazole rings is 1. The van der Waals surface area contributed by atoms with Crippen LogP contribution in [-0.2, 0) is 6.54 Å². The Balaban J connectivity index is 1.55. The molecule has 1 amide bonds. The Kier molecular flexibility index (Phi) is 3.84. The smallest absolute Gasteiger partial charge is 0.414 e. The number of hydrogen-bond acceptors (Lipinski definition) is 6. The molecule has 0 saturated carbocycles. The van der Waals surface area contributed by atoms with Crippen LogP contribution in [0, 0.1) is 16.0 Å². The van der Waals surface area contributed by atoms with Crippen LogP contribution in [0.1, 0.15) is 0 Å². The Morgan fingerprint density at radius 3 is 2.91 bits per heavy atom. The Morgan fingerprint density at radius 1 is 1.45 bits per heavy atom. The number of nitro groups is 1. The summed E-state index contributed by atoms with van der Waals surface area (Å²) in [5.74, 6) is 0.131.